The van der Waals surface area contributed by atoms with Gasteiger partial charge in [-0.1, -0.05) is 28.1 Å². The summed E-state index contributed by atoms with van der Waals surface area (Å²) < 4.78 is 20.5. The van der Waals surface area contributed by atoms with Gasteiger partial charge in [0, 0.05) is 20.2 Å². The number of halogens is 3. The van der Waals surface area contributed by atoms with Crippen molar-refractivity contribution in [3.8, 4) is 5.75 Å². The molecule has 5 heteroatoms. The van der Waals surface area contributed by atoms with Crippen LogP contribution in [0.25, 0.3) is 0 Å². The maximum absolute atomic E-state index is 13.5. The smallest absolute Gasteiger partial charge is 0.165 e. The van der Waals surface area contributed by atoms with Crippen LogP contribution < -0.4 is 10.5 Å². The summed E-state index contributed by atoms with van der Waals surface area (Å²) in [5, 5.41) is 0. The number of anilines is 1. The summed E-state index contributed by atoms with van der Waals surface area (Å²) in [4.78, 5) is 0. The van der Waals surface area contributed by atoms with E-state index in [0.29, 0.717) is 5.69 Å². The van der Waals surface area contributed by atoms with E-state index in [1.54, 1.807) is 18.2 Å². The summed E-state index contributed by atoms with van der Waals surface area (Å²) in [6.07, 6.45) is 0. The van der Waals surface area contributed by atoms with Crippen molar-refractivity contribution in [1.29, 1.82) is 0 Å². The molecule has 2 nitrogen and oxygen atoms in total. The second kappa shape index (κ2) is 5.71. The molecule has 0 aliphatic rings. The Morgan fingerprint density at radius 2 is 1.94 bits per heavy atom. The van der Waals surface area contributed by atoms with Crippen LogP contribution in [0.4, 0.5) is 10.1 Å². The molecule has 0 radical (unpaired) electrons. The van der Waals surface area contributed by atoms with E-state index in [4.69, 9.17) is 10.5 Å². The van der Waals surface area contributed by atoms with Crippen molar-refractivity contribution >= 4 is 37.5 Å². The van der Waals surface area contributed by atoms with Crippen molar-refractivity contribution in [3.05, 3.63) is 56.7 Å². The number of benzene rings is 2. The van der Waals surface area contributed by atoms with Crippen molar-refractivity contribution < 1.29 is 9.13 Å². The van der Waals surface area contributed by atoms with Crippen LogP contribution >= 0.6 is 31.9 Å². The van der Waals surface area contributed by atoms with Gasteiger partial charge in [-0.2, -0.15) is 0 Å². The zero-order valence-corrected chi connectivity index (χ0v) is 12.5. The highest BCUT2D eigenvalue weighted by molar-refractivity contribution is 9.11. The van der Waals surface area contributed by atoms with E-state index in [0.717, 1.165) is 14.5 Å². The van der Waals surface area contributed by atoms with Gasteiger partial charge in [-0.25, -0.2) is 4.39 Å². The maximum atomic E-state index is 13.5. The quantitative estimate of drug-likeness (QED) is 0.802. The Hall–Kier alpha value is -1.07. The molecular weight excluding hydrogens is 365 g/mol. The summed E-state index contributed by atoms with van der Waals surface area (Å²) in [6.45, 7) is 0.249. The molecule has 2 N–H and O–H groups in total. The minimum atomic E-state index is -0.391. The van der Waals surface area contributed by atoms with Crippen LogP contribution in [0.1, 0.15) is 5.56 Å². The molecule has 0 atom stereocenters. The molecule has 2 rings (SSSR count). The molecule has 0 aliphatic heterocycles. The van der Waals surface area contributed by atoms with Crippen LogP contribution in [0, 0.1) is 5.82 Å². The Labute approximate surface area is 121 Å². The summed E-state index contributed by atoms with van der Waals surface area (Å²) >= 11 is 6.65. The third-order valence-electron chi connectivity index (χ3n) is 2.38. The van der Waals surface area contributed by atoms with Gasteiger partial charge in [-0.05, 0) is 40.2 Å². The summed E-state index contributed by atoms with van der Waals surface area (Å²) in [7, 11) is 0. The van der Waals surface area contributed by atoms with Gasteiger partial charge in [0.15, 0.2) is 11.6 Å². The van der Waals surface area contributed by atoms with Crippen LogP contribution in [0.2, 0.25) is 0 Å². The fraction of sp³-hybridized carbons (Fsp3) is 0.0769. The number of nitrogens with two attached hydrogens (primary N) is 1. The van der Waals surface area contributed by atoms with Crippen LogP contribution in [0.5, 0.6) is 5.75 Å². The van der Waals surface area contributed by atoms with E-state index in [9.17, 15) is 4.39 Å². The molecule has 0 spiro atoms. The Bertz CT molecular complexity index is 573. The van der Waals surface area contributed by atoms with Crippen LogP contribution in [-0.2, 0) is 6.61 Å². The lowest BCUT2D eigenvalue weighted by Gasteiger charge is -2.10. The van der Waals surface area contributed by atoms with E-state index < -0.39 is 5.82 Å². The number of hydrogen-bond acceptors (Lipinski definition) is 2. The normalized spacial score (nSPS) is 10.4. The molecule has 0 amide bonds. The minimum absolute atomic E-state index is 0.207. The molecule has 0 saturated carbocycles. The molecule has 18 heavy (non-hydrogen) atoms. The molecule has 0 aromatic heterocycles. The van der Waals surface area contributed by atoms with E-state index in [1.165, 1.54) is 6.07 Å². The second-order valence-corrected chi connectivity index (χ2v) is 5.39. The van der Waals surface area contributed by atoms with Crippen molar-refractivity contribution in [2.75, 3.05) is 5.73 Å². The summed E-state index contributed by atoms with van der Waals surface area (Å²) in [5.74, 6) is -0.183. The van der Waals surface area contributed by atoms with Crippen molar-refractivity contribution in [1.82, 2.24) is 0 Å². The molecule has 0 bridgehead atoms. The zero-order chi connectivity index (χ0) is 13.1. The van der Waals surface area contributed by atoms with E-state index >= 15 is 0 Å². The summed E-state index contributed by atoms with van der Waals surface area (Å²) in [6, 6.07) is 10.1. The van der Waals surface area contributed by atoms with Gasteiger partial charge in [-0.3, -0.25) is 0 Å². The highest BCUT2D eigenvalue weighted by Crippen LogP contribution is 2.27. The van der Waals surface area contributed by atoms with Gasteiger partial charge in [0.25, 0.3) is 0 Å². The monoisotopic (exact) mass is 373 g/mol. The van der Waals surface area contributed by atoms with Crippen molar-refractivity contribution in [2.45, 2.75) is 6.61 Å². The predicted molar refractivity (Wildman–Crippen MR) is 77.0 cm³/mol. The van der Waals surface area contributed by atoms with Gasteiger partial charge in [-0.15, -0.1) is 0 Å². The first-order valence-electron chi connectivity index (χ1n) is 5.18. The van der Waals surface area contributed by atoms with Crippen LogP contribution in [0.3, 0.4) is 0 Å². The molecule has 2 aromatic rings. The first-order chi connectivity index (χ1) is 8.58. The van der Waals surface area contributed by atoms with Crippen LogP contribution in [0.15, 0.2) is 45.3 Å². The molecule has 0 saturated heterocycles. The number of hydrogen-bond donors (Lipinski definition) is 1. The fourth-order valence-corrected chi connectivity index (χ4v) is 2.17. The van der Waals surface area contributed by atoms with Gasteiger partial charge in [0.1, 0.15) is 6.61 Å². The standard InChI is InChI=1S/C13H10Br2FNO/c14-9-4-5-10(16)12(6-9)18-7-8-2-1-3-11(17)13(8)15/h1-6H,7,17H2. The zero-order valence-electron chi connectivity index (χ0n) is 9.29. The third kappa shape index (κ3) is 3.03. The van der Waals surface area contributed by atoms with E-state index in [1.807, 2.05) is 12.1 Å². The highest BCUT2D eigenvalue weighted by atomic mass is 79.9. The Kier molecular flexibility index (Phi) is 4.24. The van der Waals surface area contributed by atoms with Gasteiger partial charge in [0.2, 0.25) is 0 Å². The second-order valence-electron chi connectivity index (χ2n) is 3.68. The first kappa shape index (κ1) is 13.4. The Balaban J connectivity index is 2.16. The molecular formula is C13H10Br2FNO. The minimum Gasteiger partial charge on any atom is -0.486 e. The molecule has 0 unspecified atom stereocenters. The number of rotatable bonds is 3. The van der Waals surface area contributed by atoms with Gasteiger partial charge < -0.3 is 10.5 Å². The predicted octanol–water partition coefficient (Wildman–Crippen LogP) is 4.51. The number of nitrogen functional groups attached to an aromatic ring is 1. The molecule has 2 aromatic carbocycles. The largest absolute Gasteiger partial charge is 0.486 e. The first-order valence-corrected chi connectivity index (χ1v) is 6.77. The van der Waals surface area contributed by atoms with E-state index in [-0.39, 0.29) is 12.4 Å². The number of ether oxygens (including phenoxy) is 1. The molecule has 0 aliphatic carbocycles. The molecule has 94 valence electrons. The molecule has 0 heterocycles. The maximum Gasteiger partial charge on any atom is 0.165 e. The lowest BCUT2D eigenvalue weighted by molar-refractivity contribution is 0.289. The van der Waals surface area contributed by atoms with E-state index in [2.05, 4.69) is 31.9 Å². The third-order valence-corrected chi connectivity index (χ3v) is 3.85. The Morgan fingerprint density at radius 3 is 2.72 bits per heavy atom. The Morgan fingerprint density at radius 1 is 1.17 bits per heavy atom. The lowest BCUT2D eigenvalue weighted by Crippen LogP contribution is -2.00. The average molecular weight is 375 g/mol. The van der Waals surface area contributed by atoms with Crippen molar-refractivity contribution in [2.24, 2.45) is 0 Å². The lowest BCUT2D eigenvalue weighted by atomic mass is 10.2. The van der Waals surface area contributed by atoms with Gasteiger partial charge >= 0.3 is 0 Å². The SMILES string of the molecule is Nc1cccc(COc2cc(Br)ccc2F)c1Br. The topological polar surface area (TPSA) is 35.2 Å². The van der Waals surface area contributed by atoms with Gasteiger partial charge in [0.05, 0.1) is 0 Å². The summed E-state index contributed by atoms with van der Waals surface area (Å²) in [5.41, 5.74) is 7.26. The highest BCUT2D eigenvalue weighted by Gasteiger charge is 2.07. The fourth-order valence-electron chi connectivity index (χ4n) is 1.45. The average Bonchev–Trinajstić information content (AvgIpc) is 2.35. The van der Waals surface area contributed by atoms with Crippen LogP contribution in [-0.4, -0.2) is 0 Å². The van der Waals surface area contributed by atoms with Crippen molar-refractivity contribution in [3.63, 3.8) is 0 Å². The molecule has 0 fully saturated rings.